The summed E-state index contributed by atoms with van der Waals surface area (Å²) in [7, 11) is 0. The third-order valence-electron chi connectivity index (χ3n) is 2.99. The second-order valence-corrected chi connectivity index (χ2v) is 4.32. The first-order chi connectivity index (χ1) is 6.81. The van der Waals surface area contributed by atoms with Gasteiger partial charge in [-0.15, -0.1) is 0 Å². The molecule has 1 heterocycles. The van der Waals surface area contributed by atoms with Gasteiger partial charge in [-0.1, -0.05) is 24.6 Å². The summed E-state index contributed by atoms with van der Waals surface area (Å²) in [6.45, 7) is 4.45. The maximum atomic E-state index is 6.03. The molecule has 0 amide bonds. The van der Waals surface area contributed by atoms with Crippen LogP contribution in [0.25, 0.3) is 0 Å². The molecule has 1 atom stereocenters. The van der Waals surface area contributed by atoms with E-state index in [4.69, 9.17) is 11.6 Å². The highest BCUT2D eigenvalue weighted by molar-refractivity contribution is 6.30. The monoisotopic (exact) mass is 209 g/mol. The van der Waals surface area contributed by atoms with Crippen LogP contribution in [-0.4, -0.2) is 13.1 Å². The molecule has 1 nitrogen and oxygen atoms in total. The predicted octanol–water partition coefficient (Wildman–Crippen LogP) is 2.98. The van der Waals surface area contributed by atoms with Gasteiger partial charge in [0.15, 0.2) is 0 Å². The van der Waals surface area contributed by atoms with Crippen LogP contribution in [0, 0.1) is 0 Å². The maximum absolute atomic E-state index is 6.03. The standard InChI is InChI=1S/C12H16ClN/c1-2-9-3-4-11(13)7-12(9)10-5-6-14-8-10/h3-4,7,10,14H,2,5-6,8H2,1H3/t10-/m1/s1. The Kier molecular flexibility index (Phi) is 3.09. The van der Waals surface area contributed by atoms with E-state index in [0.717, 1.165) is 24.5 Å². The van der Waals surface area contributed by atoms with Crippen molar-refractivity contribution in [3.63, 3.8) is 0 Å². The van der Waals surface area contributed by atoms with Gasteiger partial charge in [-0.3, -0.25) is 0 Å². The Labute approximate surface area is 90.5 Å². The lowest BCUT2D eigenvalue weighted by molar-refractivity contribution is 0.752. The molecule has 1 aromatic rings. The van der Waals surface area contributed by atoms with Crippen LogP contribution in [0.3, 0.4) is 0 Å². The second-order valence-electron chi connectivity index (χ2n) is 3.89. The molecule has 0 radical (unpaired) electrons. The third kappa shape index (κ3) is 1.94. The van der Waals surface area contributed by atoms with Gasteiger partial charge in [0.2, 0.25) is 0 Å². The molecule has 1 N–H and O–H groups in total. The summed E-state index contributed by atoms with van der Waals surface area (Å²) in [5.41, 5.74) is 2.90. The van der Waals surface area contributed by atoms with Crippen molar-refractivity contribution < 1.29 is 0 Å². The number of hydrogen-bond acceptors (Lipinski definition) is 1. The van der Waals surface area contributed by atoms with E-state index in [1.807, 2.05) is 6.07 Å². The Hall–Kier alpha value is -0.530. The average Bonchev–Trinajstić information content (AvgIpc) is 2.70. The zero-order valence-corrected chi connectivity index (χ0v) is 9.27. The van der Waals surface area contributed by atoms with Crippen LogP contribution in [0.5, 0.6) is 0 Å². The summed E-state index contributed by atoms with van der Waals surface area (Å²) < 4.78 is 0. The van der Waals surface area contributed by atoms with E-state index in [2.05, 4.69) is 24.4 Å². The van der Waals surface area contributed by atoms with Crippen molar-refractivity contribution in [2.45, 2.75) is 25.7 Å². The molecule has 0 aromatic heterocycles. The van der Waals surface area contributed by atoms with E-state index in [1.54, 1.807) is 0 Å². The van der Waals surface area contributed by atoms with Crippen molar-refractivity contribution in [1.82, 2.24) is 5.32 Å². The van der Waals surface area contributed by atoms with Crippen molar-refractivity contribution in [2.24, 2.45) is 0 Å². The molecule has 1 fully saturated rings. The lowest BCUT2D eigenvalue weighted by atomic mass is 9.92. The largest absolute Gasteiger partial charge is 0.316 e. The summed E-state index contributed by atoms with van der Waals surface area (Å²) in [6.07, 6.45) is 2.34. The van der Waals surface area contributed by atoms with E-state index in [0.29, 0.717) is 5.92 Å². The fraction of sp³-hybridized carbons (Fsp3) is 0.500. The van der Waals surface area contributed by atoms with E-state index in [-0.39, 0.29) is 0 Å². The molecule has 0 unspecified atom stereocenters. The number of rotatable bonds is 2. The maximum Gasteiger partial charge on any atom is 0.0409 e. The van der Waals surface area contributed by atoms with Gasteiger partial charge in [0.25, 0.3) is 0 Å². The van der Waals surface area contributed by atoms with Crippen molar-refractivity contribution in [3.05, 3.63) is 34.3 Å². The molecule has 0 aliphatic carbocycles. The molecule has 2 heteroatoms. The Bertz CT molecular complexity index is 316. The highest BCUT2D eigenvalue weighted by Gasteiger charge is 2.18. The van der Waals surface area contributed by atoms with Crippen LogP contribution < -0.4 is 5.32 Å². The Morgan fingerprint density at radius 3 is 3.00 bits per heavy atom. The molecule has 1 saturated heterocycles. The SMILES string of the molecule is CCc1ccc(Cl)cc1[C@@H]1CCNC1. The van der Waals surface area contributed by atoms with Crippen molar-refractivity contribution in [1.29, 1.82) is 0 Å². The summed E-state index contributed by atoms with van der Waals surface area (Å²) in [6, 6.07) is 6.29. The predicted molar refractivity (Wildman–Crippen MR) is 61.1 cm³/mol. The van der Waals surface area contributed by atoms with Crippen molar-refractivity contribution in [2.75, 3.05) is 13.1 Å². The number of hydrogen-bond donors (Lipinski definition) is 1. The number of aryl methyl sites for hydroxylation is 1. The van der Waals surface area contributed by atoms with Gasteiger partial charge in [-0.2, -0.15) is 0 Å². The van der Waals surface area contributed by atoms with Gasteiger partial charge < -0.3 is 5.32 Å². The normalized spacial score (nSPS) is 21.4. The van der Waals surface area contributed by atoms with Gasteiger partial charge in [0, 0.05) is 11.6 Å². The fourth-order valence-electron chi connectivity index (χ4n) is 2.19. The molecule has 1 aromatic carbocycles. The molecule has 1 aliphatic heterocycles. The van der Waals surface area contributed by atoms with E-state index in [9.17, 15) is 0 Å². The van der Waals surface area contributed by atoms with Crippen LogP contribution in [0.2, 0.25) is 5.02 Å². The minimum atomic E-state index is 0.670. The Morgan fingerprint density at radius 1 is 1.50 bits per heavy atom. The van der Waals surface area contributed by atoms with E-state index >= 15 is 0 Å². The fourth-order valence-corrected chi connectivity index (χ4v) is 2.37. The molecule has 1 aliphatic rings. The first-order valence-corrected chi connectivity index (χ1v) is 5.68. The average molecular weight is 210 g/mol. The highest BCUT2D eigenvalue weighted by atomic mass is 35.5. The summed E-state index contributed by atoms with van der Waals surface area (Å²) >= 11 is 6.03. The van der Waals surface area contributed by atoms with Crippen molar-refractivity contribution in [3.8, 4) is 0 Å². The van der Waals surface area contributed by atoms with Crippen LogP contribution in [0.15, 0.2) is 18.2 Å². The van der Waals surface area contributed by atoms with Gasteiger partial charge in [0.05, 0.1) is 0 Å². The van der Waals surface area contributed by atoms with E-state index in [1.165, 1.54) is 17.5 Å². The summed E-state index contributed by atoms with van der Waals surface area (Å²) in [5.74, 6) is 0.670. The third-order valence-corrected chi connectivity index (χ3v) is 3.22. The zero-order valence-electron chi connectivity index (χ0n) is 8.52. The van der Waals surface area contributed by atoms with Gasteiger partial charge in [-0.25, -0.2) is 0 Å². The molecular weight excluding hydrogens is 194 g/mol. The second kappa shape index (κ2) is 4.33. The van der Waals surface area contributed by atoms with Crippen molar-refractivity contribution >= 4 is 11.6 Å². The molecular formula is C12H16ClN. The van der Waals surface area contributed by atoms with E-state index < -0.39 is 0 Å². The highest BCUT2D eigenvalue weighted by Crippen LogP contribution is 2.28. The first kappa shape index (κ1) is 10.0. The van der Waals surface area contributed by atoms with Crippen LogP contribution in [-0.2, 0) is 6.42 Å². The van der Waals surface area contributed by atoms with Gasteiger partial charge in [-0.05, 0) is 48.6 Å². The smallest absolute Gasteiger partial charge is 0.0409 e. The lowest BCUT2D eigenvalue weighted by Gasteiger charge is -2.14. The first-order valence-electron chi connectivity index (χ1n) is 5.30. The van der Waals surface area contributed by atoms with Crippen LogP contribution in [0.1, 0.15) is 30.4 Å². The molecule has 2 rings (SSSR count). The van der Waals surface area contributed by atoms with Gasteiger partial charge >= 0.3 is 0 Å². The number of nitrogens with one attached hydrogen (secondary N) is 1. The Morgan fingerprint density at radius 2 is 2.36 bits per heavy atom. The molecule has 76 valence electrons. The minimum Gasteiger partial charge on any atom is -0.316 e. The summed E-state index contributed by atoms with van der Waals surface area (Å²) in [5, 5.41) is 4.26. The molecule has 14 heavy (non-hydrogen) atoms. The minimum absolute atomic E-state index is 0.670. The summed E-state index contributed by atoms with van der Waals surface area (Å²) in [4.78, 5) is 0. The molecule has 0 saturated carbocycles. The Balaban J connectivity index is 2.33. The topological polar surface area (TPSA) is 12.0 Å². The lowest BCUT2D eigenvalue weighted by Crippen LogP contribution is -2.09. The molecule has 0 bridgehead atoms. The van der Waals surface area contributed by atoms with Gasteiger partial charge in [0.1, 0.15) is 0 Å². The quantitative estimate of drug-likeness (QED) is 0.790. The molecule has 0 spiro atoms. The van der Waals surface area contributed by atoms with Crippen LogP contribution >= 0.6 is 11.6 Å². The number of benzene rings is 1. The number of halogens is 1. The van der Waals surface area contributed by atoms with Crippen LogP contribution in [0.4, 0.5) is 0 Å². The zero-order chi connectivity index (χ0) is 9.97.